The maximum Gasteiger partial charge on any atom is 0.220 e. The Hall–Kier alpha value is -1.85. The van der Waals surface area contributed by atoms with Crippen LogP contribution in [-0.2, 0) is 11.2 Å². The lowest BCUT2D eigenvalue weighted by Crippen LogP contribution is -2.39. The van der Waals surface area contributed by atoms with Gasteiger partial charge in [0, 0.05) is 24.4 Å². The van der Waals surface area contributed by atoms with E-state index in [0.717, 1.165) is 24.8 Å². The van der Waals surface area contributed by atoms with Gasteiger partial charge >= 0.3 is 0 Å². The third-order valence-corrected chi connectivity index (χ3v) is 4.90. The molecule has 6 heteroatoms. The van der Waals surface area contributed by atoms with Gasteiger partial charge in [-0.2, -0.15) is 0 Å². The SMILES string of the molecule is NCC1CCCC1NC(=O)CCc1ncc(-c2ccccc2Cl)o1. The fourth-order valence-corrected chi connectivity index (χ4v) is 3.45. The number of nitrogens with zero attached hydrogens (tertiary/aromatic N) is 1. The molecule has 3 rings (SSSR count). The summed E-state index contributed by atoms with van der Waals surface area (Å²) in [4.78, 5) is 16.4. The lowest BCUT2D eigenvalue weighted by Gasteiger charge is -2.19. The first-order valence-corrected chi connectivity index (χ1v) is 8.74. The number of benzene rings is 1. The zero-order valence-electron chi connectivity index (χ0n) is 13.5. The van der Waals surface area contributed by atoms with Crippen molar-refractivity contribution >= 4 is 17.5 Å². The molecule has 0 radical (unpaired) electrons. The van der Waals surface area contributed by atoms with Crippen molar-refractivity contribution in [3.8, 4) is 11.3 Å². The fraction of sp³-hybridized carbons (Fsp3) is 0.444. The predicted molar refractivity (Wildman–Crippen MR) is 93.6 cm³/mol. The van der Waals surface area contributed by atoms with E-state index in [1.165, 1.54) is 0 Å². The molecule has 1 amide bonds. The van der Waals surface area contributed by atoms with Crippen molar-refractivity contribution in [1.82, 2.24) is 10.3 Å². The number of rotatable bonds is 6. The molecule has 0 bridgehead atoms. The summed E-state index contributed by atoms with van der Waals surface area (Å²) in [5.41, 5.74) is 6.55. The molecule has 0 spiro atoms. The Labute approximate surface area is 146 Å². The smallest absolute Gasteiger partial charge is 0.220 e. The van der Waals surface area contributed by atoms with Crippen molar-refractivity contribution < 1.29 is 9.21 Å². The van der Waals surface area contributed by atoms with E-state index in [4.69, 9.17) is 21.8 Å². The largest absolute Gasteiger partial charge is 0.441 e. The van der Waals surface area contributed by atoms with Gasteiger partial charge in [0.15, 0.2) is 11.7 Å². The maximum absolute atomic E-state index is 12.1. The van der Waals surface area contributed by atoms with Gasteiger partial charge in [0.05, 0.1) is 11.2 Å². The van der Waals surface area contributed by atoms with Gasteiger partial charge in [-0.15, -0.1) is 0 Å². The van der Waals surface area contributed by atoms with Crippen molar-refractivity contribution in [2.24, 2.45) is 11.7 Å². The van der Waals surface area contributed by atoms with E-state index in [-0.39, 0.29) is 11.9 Å². The normalized spacial score (nSPS) is 20.2. The number of oxazole rings is 1. The lowest BCUT2D eigenvalue weighted by atomic mass is 10.0. The topological polar surface area (TPSA) is 81.1 Å². The highest BCUT2D eigenvalue weighted by molar-refractivity contribution is 6.33. The molecule has 1 aliphatic carbocycles. The molecule has 1 aromatic carbocycles. The second-order valence-electron chi connectivity index (χ2n) is 6.20. The van der Waals surface area contributed by atoms with Gasteiger partial charge in [0.2, 0.25) is 5.91 Å². The Balaban J connectivity index is 1.54. The van der Waals surface area contributed by atoms with Gasteiger partial charge in [-0.1, -0.05) is 30.2 Å². The molecule has 1 saturated carbocycles. The predicted octanol–water partition coefficient (Wildman–Crippen LogP) is 3.17. The lowest BCUT2D eigenvalue weighted by molar-refractivity contribution is -0.122. The summed E-state index contributed by atoms with van der Waals surface area (Å²) >= 11 is 6.16. The minimum atomic E-state index is 0.0258. The van der Waals surface area contributed by atoms with Gasteiger partial charge in [-0.25, -0.2) is 4.98 Å². The summed E-state index contributed by atoms with van der Waals surface area (Å²) in [7, 11) is 0. The van der Waals surface area contributed by atoms with Crippen LogP contribution in [0.4, 0.5) is 0 Å². The van der Waals surface area contributed by atoms with Crippen LogP contribution in [0.5, 0.6) is 0 Å². The molecule has 0 aliphatic heterocycles. The van der Waals surface area contributed by atoms with E-state index in [2.05, 4.69) is 10.3 Å². The molecule has 5 nitrogen and oxygen atoms in total. The highest BCUT2D eigenvalue weighted by atomic mass is 35.5. The zero-order chi connectivity index (χ0) is 16.9. The van der Waals surface area contributed by atoms with Gasteiger partial charge in [0.1, 0.15) is 0 Å². The molecule has 3 N–H and O–H groups in total. The summed E-state index contributed by atoms with van der Waals surface area (Å²) < 4.78 is 5.72. The van der Waals surface area contributed by atoms with E-state index >= 15 is 0 Å². The summed E-state index contributed by atoms with van der Waals surface area (Å²) in [5.74, 6) is 1.59. The summed E-state index contributed by atoms with van der Waals surface area (Å²) in [6, 6.07) is 7.66. The van der Waals surface area contributed by atoms with Crippen LogP contribution in [0.3, 0.4) is 0 Å². The van der Waals surface area contributed by atoms with Crippen molar-refractivity contribution in [3.63, 3.8) is 0 Å². The van der Waals surface area contributed by atoms with E-state index in [0.29, 0.717) is 42.0 Å². The van der Waals surface area contributed by atoms with Gasteiger partial charge in [-0.3, -0.25) is 4.79 Å². The molecule has 2 aromatic rings. The molecule has 128 valence electrons. The number of carbonyl (C=O) groups is 1. The van der Waals surface area contributed by atoms with Crippen LogP contribution in [0.25, 0.3) is 11.3 Å². The fourth-order valence-electron chi connectivity index (χ4n) is 3.22. The number of aryl methyl sites for hydroxylation is 1. The third-order valence-electron chi connectivity index (χ3n) is 4.57. The quantitative estimate of drug-likeness (QED) is 0.841. The first-order valence-electron chi connectivity index (χ1n) is 8.36. The number of nitrogens with one attached hydrogen (secondary N) is 1. The minimum absolute atomic E-state index is 0.0258. The number of hydrogen-bond donors (Lipinski definition) is 2. The van der Waals surface area contributed by atoms with E-state index in [1.807, 2.05) is 24.3 Å². The van der Waals surface area contributed by atoms with Crippen molar-refractivity contribution in [2.75, 3.05) is 6.54 Å². The summed E-state index contributed by atoms with van der Waals surface area (Å²) in [5, 5.41) is 3.71. The Morgan fingerprint density at radius 2 is 2.21 bits per heavy atom. The standard InChI is InChI=1S/C18H22ClN3O2/c19-14-6-2-1-5-13(14)16-11-21-18(24-16)9-8-17(23)22-15-7-3-4-12(15)10-20/h1-2,5-6,11-12,15H,3-4,7-10,20H2,(H,22,23). The van der Waals surface area contributed by atoms with Crippen LogP contribution in [0.1, 0.15) is 31.6 Å². The molecule has 1 heterocycles. The molecule has 1 fully saturated rings. The highest BCUT2D eigenvalue weighted by Gasteiger charge is 2.27. The van der Waals surface area contributed by atoms with Crippen LogP contribution in [0.15, 0.2) is 34.9 Å². The van der Waals surface area contributed by atoms with Crippen LogP contribution in [0, 0.1) is 5.92 Å². The Morgan fingerprint density at radius 1 is 1.38 bits per heavy atom. The molecular weight excluding hydrogens is 326 g/mol. The molecule has 0 saturated heterocycles. The molecule has 2 unspecified atom stereocenters. The highest BCUT2D eigenvalue weighted by Crippen LogP contribution is 2.28. The van der Waals surface area contributed by atoms with E-state index < -0.39 is 0 Å². The minimum Gasteiger partial charge on any atom is -0.441 e. The number of halogens is 1. The van der Waals surface area contributed by atoms with Crippen LogP contribution in [-0.4, -0.2) is 23.5 Å². The average molecular weight is 348 g/mol. The first kappa shape index (κ1) is 17.0. The molecular formula is C18H22ClN3O2. The summed E-state index contributed by atoms with van der Waals surface area (Å²) in [6.45, 7) is 0.631. The second-order valence-corrected chi connectivity index (χ2v) is 6.61. The number of amides is 1. The van der Waals surface area contributed by atoms with Gasteiger partial charge < -0.3 is 15.5 Å². The van der Waals surface area contributed by atoms with Crippen LogP contribution < -0.4 is 11.1 Å². The summed E-state index contributed by atoms with van der Waals surface area (Å²) in [6.07, 6.45) is 5.72. The van der Waals surface area contributed by atoms with Crippen LogP contribution in [0.2, 0.25) is 5.02 Å². The zero-order valence-corrected chi connectivity index (χ0v) is 14.3. The average Bonchev–Trinajstić information content (AvgIpc) is 3.22. The van der Waals surface area contributed by atoms with Gasteiger partial charge in [-0.05, 0) is 37.4 Å². The third kappa shape index (κ3) is 3.97. The Kier molecular flexibility index (Phi) is 5.53. The number of aromatic nitrogens is 1. The van der Waals surface area contributed by atoms with E-state index in [9.17, 15) is 4.79 Å². The molecule has 2 atom stereocenters. The van der Waals surface area contributed by atoms with Crippen molar-refractivity contribution in [1.29, 1.82) is 0 Å². The second kappa shape index (κ2) is 7.81. The molecule has 1 aliphatic rings. The Morgan fingerprint density at radius 3 is 3.00 bits per heavy atom. The van der Waals surface area contributed by atoms with Crippen molar-refractivity contribution in [3.05, 3.63) is 41.4 Å². The van der Waals surface area contributed by atoms with Crippen molar-refractivity contribution in [2.45, 2.75) is 38.1 Å². The van der Waals surface area contributed by atoms with E-state index in [1.54, 1.807) is 6.20 Å². The molecule has 24 heavy (non-hydrogen) atoms. The first-order chi connectivity index (χ1) is 11.7. The molecule has 1 aromatic heterocycles. The van der Waals surface area contributed by atoms with Gasteiger partial charge in [0.25, 0.3) is 0 Å². The maximum atomic E-state index is 12.1. The number of nitrogens with two attached hydrogens (primary N) is 1. The Bertz CT molecular complexity index is 701. The number of hydrogen-bond acceptors (Lipinski definition) is 4. The van der Waals surface area contributed by atoms with Crippen LogP contribution >= 0.6 is 11.6 Å². The monoisotopic (exact) mass is 347 g/mol. The number of carbonyl (C=O) groups excluding carboxylic acids is 1.